The van der Waals surface area contributed by atoms with Crippen LogP contribution in [0.2, 0.25) is 0 Å². The molecule has 262 valence electrons. The predicted molar refractivity (Wildman–Crippen MR) is 230 cm³/mol. The van der Waals surface area contributed by atoms with E-state index in [1.807, 2.05) is 24.3 Å². The minimum Gasteiger partial charge on any atom is -0.307 e. The van der Waals surface area contributed by atoms with E-state index in [9.17, 15) is 0 Å². The maximum absolute atomic E-state index is 5.31. The summed E-state index contributed by atoms with van der Waals surface area (Å²) in [7, 11) is 0. The smallest absolute Gasteiger partial charge is 0.238 e. The van der Waals surface area contributed by atoms with Crippen molar-refractivity contribution in [1.29, 1.82) is 0 Å². The van der Waals surface area contributed by atoms with E-state index in [4.69, 9.17) is 15.0 Å². The van der Waals surface area contributed by atoms with Crippen LogP contribution >= 0.6 is 0 Å². The molecule has 0 aliphatic heterocycles. The third-order valence-corrected chi connectivity index (χ3v) is 10.8. The minimum absolute atomic E-state index is 0.566. The molecule has 0 unspecified atom stereocenters. The molecular formula is C51H33N5. The van der Waals surface area contributed by atoms with E-state index in [1.165, 1.54) is 27.5 Å². The highest BCUT2D eigenvalue weighted by molar-refractivity contribution is 6.23. The molecule has 0 N–H and O–H groups in total. The van der Waals surface area contributed by atoms with Gasteiger partial charge in [-0.15, -0.1) is 0 Å². The molecule has 0 amide bonds. The third kappa shape index (κ3) is 5.21. The summed E-state index contributed by atoms with van der Waals surface area (Å²) < 4.78 is 4.65. The molecule has 11 rings (SSSR count). The van der Waals surface area contributed by atoms with Gasteiger partial charge in [0.2, 0.25) is 5.95 Å². The molecular weight excluding hydrogens is 683 g/mol. The van der Waals surface area contributed by atoms with Crippen LogP contribution in [0.25, 0.3) is 100 Å². The van der Waals surface area contributed by atoms with Gasteiger partial charge in [-0.3, -0.25) is 4.57 Å². The zero-order valence-corrected chi connectivity index (χ0v) is 30.3. The Balaban J connectivity index is 1.20. The zero-order valence-electron chi connectivity index (χ0n) is 30.3. The fourth-order valence-electron chi connectivity index (χ4n) is 8.16. The van der Waals surface area contributed by atoms with Crippen LogP contribution in [0.1, 0.15) is 0 Å². The van der Waals surface area contributed by atoms with Crippen molar-refractivity contribution in [3.8, 4) is 56.7 Å². The summed E-state index contributed by atoms with van der Waals surface area (Å²) >= 11 is 0. The lowest BCUT2D eigenvalue weighted by atomic mass is 10.0. The Morgan fingerprint density at radius 3 is 1.18 bits per heavy atom. The second-order valence-corrected chi connectivity index (χ2v) is 14.1. The van der Waals surface area contributed by atoms with Gasteiger partial charge >= 0.3 is 0 Å². The molecule has 0 radical (unpaired) electrons. The molecule has 0 fully saturated rings. The number of aromatic nitrogens is 5. The molecule has 56 heavy (non-hydrogen) atoms. The molecule has 0 aliphatic carbocycles. The van der Waals surface area contributed by atoms with Crippen molar-refractivity contribution in [3.63, 3.8) is 0 Å². The van der Waals surface area contributed by atoms with Gasteiger partial charge in [0, 0.05) is 38.4 Å². The van der Waals surface area contributed by atoms with E-state index in [-0.39, 0.29) is 0 Å². The normalized spacial score (nSPS) is 11.6. The topological polar surface area (TPSA) is 48.5 Å². The number of fused-ring (bicyclic) bond motifs is 7. The van der Waals surface area contributed by atoms with E-state index in [0.29, 0.717) is 17.6 Å². The van der Waals surface area contributed by atoms with Gasteiger partial charge in [-0.2, -0.15) is 9.97 Å². The summed E-state index contributed by atoms with van der Waals surface area (Å²) in [6.07, 6.45) is 0. The maximum atomic E-state index is 5.31. The lowest BCUT2D eigenvalue weighted by Crippen LogP contribution is -2.07. The van der Waals surface area contributed by atoms with Crippen LogP contribution in [0.15, 0.2) is 200 Å². The fraction of sp³-hybridized carbons (Fsp3) is 0. The van der Waals surface area contributed by atoms with Gasteiger partial charge < -0.3 is 4.57 Å². The fourth-order valence-corrected chi connectivity index (χ4v) is 8.16. The van der Waals surface area contributed by atoms with Crippen molar-refractivity contribution in [1.82, 2.24) is 24.1 Å². The Morgan fingerprint density at radius 2 is 0.643 bits per heavy atom. The molecule has 3 heterocycles. The highest BCUT2D eigenvalue weighted by Gasteiger charge is 2.23. The number of rotatable bonds is 6. The lowest BCUT2D eigenvalue weighted by molar-refractivity contribution is 0.953. The molecule has 0 atom stereocenters. The summed E-state index contributed by atoms with van der Waals surface area (Å²) in [4.78, 5) is 15.7. The first-order valence-electron chi connectivity index (χ1n) is 18.9. The molecule has 0 spiro atoms. The molecule has 5 nitrogen and oxygen atoms in total. The average Bonchev–Trinajstić information content (AvgIpc) is 3.80. The van der Waals surface area contributed by atoms with Crippen molar-refractivity contribution in [2.24, 2.45) is 0 Å². The van der Waals surface area contributed by atoms with Crippen molar-refractivity contribution >= 4 is 43.6 Å². The number of para-hydroxylation sites is 2. The van der Waals surface area contributed by atoms with Crippen LogP contribution in [0.3, 0.4) is 0 Å². The van der Waals surface area contributed by atoms with Crippen LogP contribution in [0.4, 0.5) is 0 Å². The van der Waals surface area contributed by atoms with Crippen LogP contribution in [0, 0.1) is 0 Å². The average molecular weight is 716 g/mol. The Morgan fingerprint density at radius 1 is 0.268 bits per heavy atom. The summed E-state index contributed by atoms with van der Waals surface area (Å²) in [5.74, 6) is 1.80. The predicted octanol–water partition coefficient (Wildman–Crippen LogP) is 12.7. The number of hydrogen-bond acceptors (Lipinski definition) is 3. The first kappa shape index (κ1) is 31.9. The second-order valence-electron chi connectivity index (χ2n) is 14.1. The SMILES string of the molecule is c1ccc(-c2ccc(-c3nc(-c4ccccc4)nc(-n4c5ccccc5c5ccc6c7ccccc7n(-c7ccc(-c8ccccc8)cc7)c6c54)n3)cc2)cc1. The monoisotopic (exact) mass is 715 g/mol. The summed E-state index contributed by atoms with van der Waals surface area (Å²) in [6, 6.07) is 70.3. The van der Waals surface area contributed by atoms with E-state index in [1.54, 1.807) is 0 Å². The second kappa shape index (κ2) is 13.0. The van der Waals surface area contributed by atoms with E-state index >= 15 is 0 Å². The number of hydrogen-bond donors (Lipinski definition) is 0. The van der Waals surface area contributed by atoms with Gasteiger partial charge in [-0.1, -0.05) is 176 Å². The largest absolute Gasteiger partial charge is 0.307 e. The highest BCUT2D eigenvalue weighted by atomic mass is 15.2. The molecule has 8 aromatic carbocycles. The maximum Gasteiger partial charge on any atom is 0.238 e. The van der Waals surface area contributed by atoms with Gasteiger partial charge in [0.1, 0.15) is 0 Å². The van der Waals surface area contributed by atoms with E-state index in [0.717, 1.165) is 55.2 Å². The van der Waals surface area contributed by atoms with E-state index in [2.05, 4.69) is 185 Å². The molecule has 11 aromatic rings. The summed E-state index contributed by atoms with van der Waals surface area (Å²) in [5, 5.41) is 4.62. The van der Waals surface area contributed by atoms with Crippen LogP contribution in [-0.2, 0) is 0 Å². The van der Waals surface area contributed by atoms with Crippen molar-refractivity contribution in [2.45, 2.75) is 0 Å². The number of nitrogens with zero attached hydrogens (tertiary/aromatic N) is 5. The summed E-state index contributed by atoms with van der Waals surface area (Å²) in [5.41, 5.74) is 11.9. The molecule has 0 aliphatic rings. The van der Waals surface area contributed by atoms with Gasteiger partial charge in [0.25, 0.3) is 0 Å². The molecule has 3 aromatic heterocycles. The minimum atomic E-state index is 0.566. The van der Waals surface area contributed by atoms with Gasteiger partial charge in [-0.05, 0) is 46.5 Å². The van der Waals surface area contributed by atoms with Gasteiger partial charge in [-0.25, -0.2) is 4.98 Å². The molecule has 0 saturated heterocycles. The quantitative estimate of drug-likeness (QED) is 0.172. The number of benzene rings is 8. The highest BCUT2D eigenvalue weighted by Crippen LogP contribution is 2.42. The Labute approximate surface area is 323 Å². The van der Waals surface area contributed by atoms with Gasteiger partial charge in [0.15, 0.2) is 11.6 Å². The van der Waals surface area contributed by atoms with Crippen LogP contribution in [0.5, 0.6) is 0 Å². The van der Waals surface area contributed by atoms with Crippen LogP contribution in [-0.4, -0.2) is 24.1 Å². The standard InChI is InChI=1S/C51H33N5/c1-4-14-34(15-5-1)36-24-26-39(27-25-36)50-52-49(38-18-8-3-9-19-38)53-51(54-50)56-46-23-13-11-21-42(46)44-33-32-43-41-20-10-12-22-45(41)55(47(43)48(44)56)40-30-28-37(29-31-40)35-16-6-2-7-17-35/h1-33H. The molecule has 5 heteroatoms. The third-order valence-electron chi connectivity index (χ3n) is 10.8. The Hall–Kier alpha value is -7.63. The molecule has 0 saturated carbocycles. The zero-order chi connectivity index (χ0) is 37.0. The summed E-state index contributed by atoms with van der Waals surface area (Å²) in [6.45, 7) is 0. The van der Waals surface area contributed by atoms with Crippen molar-refractivity contribution in [2.75, 3.05) is 0 Å². The molecule has 0 bridgehead atoms. The first-order chi connectivity index (χ1) is 27.8. The van der Waals surface area contributed by atoms with Crippen molar-refractivity contribution in [3.05, 3.63) is 200 Å². The van der Waals surface area contributed by atoms with Gasteiger partial charge in [0.05, 0.1) is 22.1 Å². The first-order valence-corrected chi connectivity index (χ1v) is 18.9. The van der Waals surface area contributed by atoms with E-state index < -0.39 is 0 Å². The van der Waals surface area contributed by atoms with Crippen LogP contribution < -0.4 is 0 Å². The van der Waals surface area contributed by atoms with Crippen molar-refractivity contribution < 1.29 is 0 Å². The Kier molecular flexibility index (Phi) is 7.42. The Bertz CT molecular complexity index is 3200. The lowest BCUT2D eigenvalue weighted by Gasteiger charge is -2.14.